The number of carbonyl (C=O) groups is 1. The SMILES string of the molecule is O=C(Cc1ccc(Cl)cc1)N1CC2CCCCC2C1. The molecule has 1 saturated carbocycles. The van der Waals surface area contributed by atoms with E-state index in [0.29, 0.717) is 6.42 Å². The zero-order valence-corrected chi connectivity index (χ0v) is 11.9. The van der Waals surface area contributed by atoms with E-state index in [0.717, 1.165) is 35.5 Å². The van der Waals surface area contributed by atoms with Crippen LogP contribution in [-0.4, -0.2) is 23.9 Å². The highest BCUT2D eigenvalue weighted by Gasteiger charge is 2.36. The number of benzene rings is 1. The third-order valence-electron chi connectivity index (χ3n) is 4.60. The number of nitrogens with zero attached hydrogens (tertiary/aromatic N) is 1. The second-order valence-electron chi connectivity index (χ2n) is 5.91. The van der Waals surface area contributed by atoms with Gasteiger partial charge in [0.05, 0.1) is 6.42 Å². The van der Waals surface area contributed by atoms with Crippen LogP contribution in [0.5, 0.6) is 0 Å². The van der Waals surface area contributed by atoms with Crippen LogP contribution in [0.4, 0.5) is 0 Å². The molecule has 2 nitrogen and oxygen atoms in total. The fourth-order valence-corrected chi connectivity index (χ4v) is 3.62. The van der Waals surface area contributed by atoms with Crippen LogP contribution in [0.25, 0.3) is 0 Å². The van der Waals surface area contributed by atoms with Gasteiger partial charge < -0.3 is 4.90 Å². The Morgan fingerprint density at radius 2 is 1.68 bits per heavy atom. The first-order valence-electron chi connectivity index (χ1n) is 7.24. The van der Waals surface area contributed by atoms with E-state index in [-0.39, 0.29) is 5.91 Å². The highest BCUT2D eigenvalue weighted by molar-refractivity contribution is 6.30. The lowest BCUT2D eigenvalue weighted by Gasteiger charge is -2.22. The molecule has 3 heteroatoms. The van der Waals surface area contributed by atoms with Crippen LogP contribution in [0, 0.1) is 11.8 Å². The number of likely N-dealkylation sites (tertiary alicyclic amines) is 1. The minimum absolute atomic E-state index is 0.275. The van der Waals surface area contributed by atoms with Crippen LogP contribution in [0.2, 0.25) is 5.02 Å². The number of carbonyl (C=O) groups excluding carboxylic acids is 1. The van der Waals surface area contributed by atoms with Gasteiger partial charge in [0.25, 0.3) is 0 Å². The maximum absolute atomic E-state index is 12.3. The van der Waals surface area contributed by atoms with Gasteiger partial charge >= 0.3 is 0 Å². The molecule has 1 aliphatic carbocycles. The number of hydrogen-bond donors (Lipinski definition) is 0. The minimum atomic E-state index is 0.275. The van der Waals surface area contributed by atoms with E-state index in [1.807, 2.05) is 24.3 Å². The summed E-state index contributed by atoms with van der Waals surface area (Å²) in [5, 5.41) is 0.725. The van der Waals surface area contributed by atoms with Crippen molar-refractivity contribution < 1.29 is 4.79 Å². The Kier molecular flexibility index (Phi) is 3.79. The molecule has 0 N–H and O–H groups in total. The second kappa shape index (κ2) is 5.54. The monoisotopic (exact) mass is 277 g/mol. The van der Waals surface area contributed by atoms with Crippen molar-refractivity contribution >= 4 is 17.5 Å². The predicted octanol–water partition coefficient (Wildman–Crippen LogP) is 3.53. The topological polar surface area (TPSA) is 20.3 Å². The first-order valence-corrected chi connectivity index (χ1v) is 7.62. The smallest absolute Gasteiger partial charge is 0.227 e. The van der Waals surface area contributed by atoms with Gasteiger partial charge in [-0.3, -0.25) is 4.79 Å². The van der Waals surface area contributed by atoms with E-state index in [1.54, 1.807) is 0 Å². The number of amides is 1. The van der Waals surface area contributed by atoms with E-state index >= 15 is 0 Å². The molecule has 0 spiro atoms. The maximum Gasteiger partial charge on any atom is 0.227 e. The molecule has 1 amide bonds. The predicted molar refractivity (Wildman–Crippen MR) is 77.2 cm³/mol. The zero-order valence-electron chi connectivity index (χ0n) is 11.1. The van der Waals surface area contributed by atoms with Gasteiger partial charge in [0.1, 0.15) is 0 Å². The zero-order chi connectivity index (χ0) is 13.2. The summed E-state index contributed by atoms with van der Waals surface area (Å²) in [6.45, 7) is 1.97. The molecule has 2 unspecified atom stereocenters. The third kappa shape index (κ3) is 2.94. The van der Waals surface area contributed by atoms with Crippen molar-refractivity contribution in [1.29, 1.82) is 0 Å². The highest BCUT2D eigenvalue weighted by atomic mass is 35.5. The van der Waals surface area contributed by atoms with Crippen LogP contribution in [0.3, 0.4) is 0 Å². The standard InChI is InChI=1S/C16H20ClNO/c17-15-7-5-12(6-8-15)9-16(19)18-10-13-3-1-2-4-14(13)11-18/h5-8,13-14H,1-4,9-11H2. The van der Waals surface area contributed by atoms with E-state index in [4.69, 9.17) is 11.6 Å². The Morgan fingerprint density at radius 3 is 2.26 bits per heavy atom. The summed E-state index contributed by atoms with van der Waals surface area (Å²) >= 11 is 5.86. The van der Waals surface area contributed by atoms with Crippen LogP contribution in [0.1, 0.15) is 31.2 Å². The molecule has 1 saturated heterocycles. The number of rotatable bonds is 2. The number of hydrogen-bond acceptors (Lipinski definition) is 1. The van der Waals surface area contributed by atoms with E-state index in [2.05, 4.69) is 4.90 Å². The Bertz CT molecular complexity index is 442. The van der Waals surface area contributed by atoms with Gasteiger partial charge in [-0.2, -0.15) is 0 Å². The summed E-state index contributed by atoms with van der Waals surface area (Å²) in [6, 6.07) is 7.61. The Balaban J connectivity index is 1.60. The molecule has 102 valence electrons. The van der Waals surface area contributed by atoms with Crippen molar-refractivity contribution in [2.45, 2.75) is 32.1 Å². The largest absolute Gasteiger partial charge is 0.342 e. The Morgan fingerprint density at radius 1 is 1.11 bits per heavy atom. The molecular weight excluding hydrogens is 258 g/mol. The molecule has 19 heavy (non-hydrogen) atoms. The molecule has 0 bridgehead atoms. The van der Waals surface area contributed by atoms with Crippen molar-refractivity contribution in [2.24, 2.45) is 11.8 Å². The van der Waals surface area contributed by atoms with Gasteiger partial charge in [-0.25, -0.2) is 0 Å². The van der Waals surface area contributed by atoms with Crippen LogP contribution < -0.4 is 0 Å². The number of halogens is 1. The van der Waals surface area contributed by atoms with Gasteiger partial charge in [0.15, 0.2) is 0 Å². The molecule has 1 aromatic carbocycles. The summed E-state index contributed by atoms with van der Waals surface area (Å²) in [6.07, 6.45) is 5.84. The average molecular weight is 278 g/mol. The molecule has 1 aliphatic heterocycles. The molecule has 2 fully saturated rings. The molecule has 0 aromatic heterocycles. The fraction of sp³-hybridized carbons (Fsp3) is 0.562. The molecular formula is C16H20ClNO. The molecule has 1 aromatic rings. The molecule has 2 aliphatic rings. The molecule has 2 atom stereocenters. The molecule has 1 heterocycles. The normalized spacial score (nSPS) is 26.3. The highest BCUT2D eigenvalue weighted by Crippen LogP contribution is 2.36. The van der Waals surface area contributed by atoms with Gasteiger partial charge in [-0.05, 0) is 42.4 Å². The van der Waals surface area contributed by atoms with Crippen molar-refractivity contribution in [3.8, 4) is 0 Å². The van der Waals surface area contributed by atoms with Crippen LogP contribution in [0.15, 0.2) is 24.3 Å². The quantitative estimate of drug-likeness (QED) is 0.810. The minimum Gasteiger partial charge on any atom is -0.342 e. The number of fused-ring (bicyclic) bond motifs is 1. The summed E-state index contributed by atoms with van der Waals surface area (Å²) in [4.78, 5) is 14.4. The first-order chi connectivity index (χ1) is 9.22. The fourth-order valence-electron chi connectivity index (χ4n) is 3.50. The molecule has 0 radical (unpaired) electrons. The van der Waals surface area contributed by atoms with Crippen LogP contribution in [-0.2, 0) is 11.2 Å². The van der Waals surface area contributed by atoms with Crippen molar-refractivity contribution in [1.82, 2.24) is 4.90 Å². The van der Waals surface area contributed by atoms with Gasteiger partial charge in [0.2, 0.25) is 5.91 Å². The van der Waals surface area contributed by atoms with Crippen LogP contribution >= 0.6 is 11.6 Å². The Labute approximate surface area is 119 Å². The van der Waals surface area contributed by atoms with E-state index in [1.165, 1.54) is 25.7 Å². The maximum atomic E-state index is 12.3. The van der Waals surface area contributed by atoms with E-state index in [9.17, 15) is 4.79 Å². The van der Waals surface area contributed by atoms with Gasteiger partial charge in [-0.1, -0.05) is 36.6 Å². The summed E-state index contributed by atoms with van der Waals surface area (Å²) in [5.41, 5.74) is 1.06. The summed E-state index contributed by atoms with van der Waals surface area (Å²) < 4.78 is 0. The van der Waals surface area contributed by atoms with Gasteiger partial charge in [0, 0.05) is 18.1 Å². The van der Waals surface area contributed by atoms with E-state index < -0.39 is 0 Å². The summed E-state index contributed by atoms with van der Waals surface area (Å²) in [5.74, 6) is 1.81. The lowest BCUT2D eigenvalue weighted by molar-refractivity contribution is -0.129. The van der Waals surface area contributed by atoms with Crippen molar-refractivity contribution in [3.05, 3.63) is 34.9 Å². The van der Waals surface area contributed by atoms with Crippen molar-refractivity contribution in [3.63, 3.8) is 0 Å². The average Bonchev–Trinajstić information content (AvgIpc) is 2.85. The summed E-state index contributed by atoms with van der Waals surface area (Å²) in [7, 11) is 0. The van der Waals surface area contributed by atoms with Gasteiger partial charge in [-0.15, -0.1) is 0 Å². The lowest BCUT2D eigenvalue weighted by Crippen LogP contribution is -2.30. The molecule has 3 rings (SSSR count). The Hall–Kier alpha value is -1.02. The third-order valence-corrected chi connectivity index (χ3v) is 4.85. The second-order valence-corrected chi connectivity index (χ2v) is 6.34. The first kappa shape index (κ1) is 13.0. The lowest BCUT2D eigenvalue weighted by atomic mass is 9.82. The van der Waals surface area contributed by atoms with Crippen molar-refractivity contribution in [2.75, 3.05) is 13.1 Å².